The van der Waals surface area contributed by atoms with Gasteiger partial charge >= 0.3 is 0 Å². The number of carbonyl (C=O) groups excluding carboxylic acids is 1. The molecule has 0 spiro atoms. The van der Waals surface area contributed by atoms with Gasteiger partial charge < -0.3 is 5.32 Å². The molecule has 0 saturated carbocycles. The van der Waals surface area contributed by atoms with Gasteiger partial charge in [-0.25, -0.2) is 4.68 Å². The first-order chi connectivity index (χ1) is 12.4. The molecular weight excluding hydrogens is 332 g/mol. The molecule has 26 heavy (non-hydrogen) atoms. The summed E-state index contributed by atoms with van der Waals surface area (Å²) in [7, 11) is 0. The minimum absolute atomic E-state index is 0.00856. The Bertz CT molecular complexity index is 956. The molecule has 1 aromatic carbocycles. The molecule has 0 bridgehead atoms. The van der Waals surface area contributed by atoms with E-state index in [1.165, 1.54) is 4.80 Å². The molecule has 1 N–H and O–H groups in total. The smallest absolute Gasteiger partial charge is 0.233 e. The van der Waals surface area contributed by atoms with Crippen molar-refractivity contribution in [2.75, 3.05) is 5.32 Å². The third kappa shape index (κ3) is 3.75. The van der Waals surface area contributed by atoms with Crippen molar-refractivity contribution >= 4 is 11.7 Å². The summed E-state index contributed by atoms with van der Waals surface area (Å²) in [6, 6.07) is 10.7. The highest BCUT2D eigenvalue weighted by Crippen LogP contribution is 2.16. The van der Waals surface area contributed by atoms with E-state index < -0.39 is 0 Å². The van der Waals surface area contributed by atoms with Crippen LogP contribution in [-0.4, -0.2) is 35.9 Å². The summed E-state index contributed by atoms with van der Waals surface area (Å²) in [6.07, 6.45) is 1.59. The number of aromatic nitrogens is 6. The van der Waals surface area contributed by atoms with Crippen LogP contribution >= 0.6 is 0 Å². The van der Waals surface area contributed by atoms with Gasteiger partial charge in [-0.2, -0.15) is 15.2 Å². The number of anilines is 1. The van der Waals surface area contributed by atoms with Gasteiger partial charge in [-0.15, -0.1) is 10.2 Å². The van der Waals surface area contributed by atoms with Crippen LogP contribution in [0.5, 0.6) is 0 Å². The van der Waals surface area contributed by atoms with Crippen molar-refractivity contribution < 1.29 is 4.79 Å². The second-order valence-electron chi connectivity index (χ2n) is 6.68. The molecule has 0 aliphatic carbocycles. The van der Waals surface area contributed by atoms with Gasteiger partial charge in [0.1, 0.15) is 5.82 Å². The van der Waals surface area contributed by atoms with E-state index in [1.807, 2.05) is 20.8 Å². The monoisotopic (exact) mass is 350 g/mol. The maximum absolute atomic E-state index is 12.3. The predicted molar refractivity (Wildman–Crippen MR) is 93.4 cm³/mol. The highest BCUT2D eigenvalue weighted by atomic mass is 16.1. The molecule has 0 radical (unpaired) electrons. The fourth-order valence-corrected chi connectivity index (χ4v) is 2.21. The SMILES string of the molecule is CC(C)(C)n1nnc(CC(=O)Nc2ccnn2-c2ccc(C#N)cc2)n1. The van der Waals surface area contributed by atoms with Crippen LogP contribution in [-0.2, 0) is 16.8 Å². The summed E-state index contributed by atoms with van der Waals surface area (Å²) < 4.78 is 1.58. The van der Waals surface area contributed by atoms with E-state index >= 15 is 0 Å². The third-order valence-corrected chi connectivity index (χ3v) is 3.52. The minimum Gasteiger partial charge on any atom is -0.310 e. The zero-order chi connectivity index (χ0) is 18.7. The first-order valence-electron chi connectivity index (χ1n) is 8.00. The lowest BCUT2D eigenvalue weighted by molar-refractivity contribution is -0.115. The molecular formula is C17H18N8O. The molecule has 0 fully saturated rings. The molecule has 9 nitrogen and oxygen atoms in total. The number of amides is 1. The van der Waals surface area contributed by atoms with Gasteiger partial charge in [0.2, 0.25) is 5.91 Å². The molecule has 2 aromatic heterocycles. The van der Waals surface area contributed by atoms with Crippen LogP contribution in [0, 0.1) is 11.3 Å². The van der Waals surface area contributed by atoms with E-state index in [2.05, 4.69) is 31.9 Å². The van der Waals surface area contributed by atoms with Gasteiger partial charge in [0, 0.05) is 6.07 Å². The van der Waals surface area contributed by atoms with Crippen molar-refractivity contribution in [2.24, 2.45) is 0 Å². The Balaban J connectivity index is 1.71. The van der Waals surface area contributed by atoms with E-state index in [-0.39, 0.29) is 17.9 Å². The molecule has 2 heterocycles. The van der Waals surface area contributed by atoms with Gasteiger partial charge in [-0.05, 0) is 50.3 Å². The van der Waals surface area contributed by atoms with Crippen molar-refractivity contribution in [3.05, 3.63) is 47.9 Å². The van der Waals surface area contributed by atoms with E-state index in [4.69, 9.17) is 5.26 Å². The number of nitriles is 1. The van der Waals surface area contributed by atoms with Crippen LogP contribution < -0.4 is 5.32 Å². The van der Waals surface area contributed by atoms with E-state index in [0.29, 0.717) is 17.2 Å². The van der Waals surface area contributed by atoms with Crippen LogP contribution in [0.25, 0.3) is 5.69 Å². The molecule has 9 heteroatoms. The number of tetrazole rings is 1. The Morgan fingerprint density at radius 1 is 1.23 bits per heavy atom. The average Bonchev–Trinajstić information content (AvgIpc) is 3.24. The molecule has 3 rings (SSSR count). The number of nitrogens with zero attached hydrogens (tertiary/aromatic N) is 7. The number of nitrogens with one attached hydrogen (secondary N) is 1. The Labute approximate surface area is 150 Å². The summed E-state index contributed by atoms with van der Waals surface area (Å²) in [5, 5.41) is 28.0. The fourth-order valence-electron chi connectivity index (χ4n) is 2.21. The largest absolute Gasteiger partial charge is 0.310 e. The first kappa shape index (κ1) is 17.3. The first-order valence-corrected chi connectivity index (χ1v) is 8.00. The summed E-state index contributed by atoms with van der Waals surface area (Å²) in [6.45, 7) is 5.86. The molecule has 0 aliphatic rings. The van der Waals surface area contributed by atoms with E-state index in [0.717, 1.165) is 5.69 Å². The average molecular weight is 350 g/mol. The Morgan fingerprint density at radius 2 is 1.96 bits per heavy atom. The molecule has 0 aliphatic heterocycles. The number of carbonyl (C=O) groups is 1. The Hall–Kier alpha value is -3.54. The maximum atomic E-state index is 12.3. The maximum Gasteiger partial charge on any atom is 0.233 e. The van der Waals surface area contributed by atoms with Crippen LogP contribution in [0.3, 0.4) is 0 Å². The summed E-state index contributed by atoms with van der Waals surface area (Å²) in [5.41, 5.74) is 0.997. The number of benzene rings is 1. The zero-order valence-corrected chi connectivity index (χ0v) is 14.7. The summed E-state index contributed by atoms with van der Waals surface area (Å²) >= 11 is 0. The quantitative estimate of drug-likeness (QED) is 0.765. The van der Waals surface area contributed by atoms with Crippen LogP contribution in [0.1, 0.15) is 32.2 Å². The Kier molecular flexibility index (Phi) is 4.49. The highest BCUT2D eigenvalue weighted by molar-refractivity contribution is 5.91. The van der Waals surface area contributed by atoms with E-state index in [1.54, 1.807) is 41.2 Å². The van der Waals surface area contributed by atoms with Crippen molar-refractivity contribution in [3.63, 3.8) is 0 Å². The molecule has 3 aromatic rings. The van der Waals surface area contributed by atoms with Crippen molar-refractivity contribution in [3.8, 4) is 11.8 Å². The predicted octanol–water partition coefficient (Wildman–Crippen LogP) is 1.67. The normalized spacial score (nSPS) is 11.2. The van der Waals surface area contributed by atoms with Gasteiger partial charge in [0.25, 0.3) is 0 Å². The lowest BCUT2D eigenvalue weighted by Crippen LogP contribution is -2.25. The molecule has 0 unspecified atom stereocenters. The Morgan fingerprint density at radius 3 is 2.58 bits per heavy atom. The molecule has 1 amide bonds. The van der Waals surface area contributed by atoms with Gasteiger partial charge in [0.15, 0.2) is 5.82 Å². The van der Waals surface area contributed by atoms with Crippen molar-refractivity contribution in [1.82, 2.24) is 30.0 Å². The molecule has 0 atom stereocenters. The molecule has 132 valence electrons. The third-order valence-electron chi connectivity index (χ3n) is 3.52. The van der Waals surface area contributed by atoms with Gasteiger partial charge in [-0.1, -0.05) is 0 Å². The number of rotatable bonds is 4. The highest BCUT2D eigenvalue weighted by Gasteiger charge is 2.18. The van der Waals surface area contributed by atoms with Crippen LogP contribution in [0.15, 0.2) is 36.5 Å². The second kappa shape index (κ2) is 6.76. The summed E-state index contributed by atoms with van der Waals surface area (Å²) in [4.78, 5) is 13.8. The summed E-state index contributed by atoms with van der Waals surface area (Å²) in [5.74, 6) is 0.596. The zero-order valence-electron chi connectivity index (χ0n) is 14.7. The van der Waals surface area contributed by atoms with Crippen LogP contribution in [0.4, 0.5) is 5.82 Å². The van der Waals surface area contributed by atoms with Gasteiger partial charge in [0.05, 0.1) is 35.5 Å². The number of hydrogen-bond acceptors (Lipinski definition) is 6. The molecule has 0 saturated heterocycles. The van der Waals surface area contributed by atoms with Gasteiger partial charge in [-0.3, -0.25) is 4.79 Å². The van der Waals surface area contributed by atoms with Crippen molar-refractivity contribution in [2.45, 2.75) is 32.7 Å². The minimum atomic E-state index is -0.296. The number of hydrogen-bond donors (Lipinski definition) is 1. The topological polar surface area (TPSA) is 114 Å². The lowest BCUT2D eigenvalue weighted by Gasteiger charge is -2.15. The van der Waals surface area contributed by atoms with Crippen LogP contribution in [0.2, 0.25) is 0 Å². The van der Waals surface area contributed by atoms with E-state index in [9.17, 15) is 4.79 Å². The second-order valence-corrected chi connectivity index (χ2v) is 6.68. The standard InChI is InChI=1S/C17H18N8O/c1-17(2,3)25-22-14(21-23-25)10-16(26)20-15-8-9-19-24(15)13-6-4-12(11-18)5-7-13/h4-9H,10H2,1-3H3,(H,20,26). The van der Waals surface area contributed by atoms with Crippen molar-refractivity contribution in [1.29, 1.82) is 5.26 Å². The fraction of sp³-hybridized carbons (Fsp3) is 0.294. The lowest BCUT2D eigenvalue weighted by atomic mass is 10.1.